The minimum absolute atomic E-state index is 0.0301. The Bertz CT molecular complexity index is 762. The third-order valence-electron chi connectivity index (χ3n) is 3.05. The van der Waals surface area contributed by atoms with Crippen LogP contribution in [-0.2, 0) is 9.53 Å². The van der Waals surface area contributed by atoms with Crippen molar-refractivity contribution in [1.82, 2.24) is 5.32 Å². The summed E-state index contributed by atoms with van der Waals surface area (Å²) in [5, 5.41) is 2.05. The van der Waals surface area contributed by atoms with Crippen molar-refractivity contribution in [3.8, 4) is 11.5 Å². The van der Waals surface area contributed by atoms with Crippen LogP contribution < -0.4 is 10.1 Å². The number of carbonyl (C=O) groups is 2. The first kappa shape index (κ1) is 13.9. The van der Waals surface area contributed by atoms with E-state index in [0.717, 1.165) is 11.3 Å². The molecule has 3 rings (SSSR count). The second kappa shape index (κ2) is 5.73. The van der Waals surface area contributed by atoms with Gasteiger partial charge in [-0.25, -0.2) is 4.79 Å². The van der Waals surface area contributed by atoms with Crippen LogP contribution in [0.25, 0.3) is 6.08 Å². The zero-order valence-corrected chi connectivity index (χ0v) is 11.8. The SMILES string of the molecule is Cc1ccc(Oc2cccc(/C=C3/OC(=O)NC3=O)c2)cc1. The van der Waals surface area contributed by atoms with Crippen molar-refractivity contribution in [2.75, 3.05) is 0 Å². The number of hydrogen-bond donors (Lipinski definition) is 1. The van der Waals surface area contributed by atoms with E-state index in [9.17, 15) is 9.59 Å². The Kier molecular flexibility index (Phi) is 3.62. The van der Waals surface area contributed by atoms with Gasteiger partial charge in [0.2, 0.25) is 0 Å². The lowest BCUT2D eigenvalue weighted by molar-refractivity contribution is -0.116. The predicted octanol–water partition coefficient (Wildman–Crippen LogP) is 3.39. The van der Waals surface area contributed by atoms with Crippen LogP contribution in [0, 0.1) is 6.92 Å². The minimum atomic E-state index is -0.761. The van der Waals surface area contributed by atoms with Gasteiger partial charge in [-0.3, -0.25) is 10.1 Å². The largest absolute Gasteiger partial charge is 0.457 e. The summed E-state index contributed by atoms with van der Waals surface area (Å²) in [6, 6.07) is 14.8. The van der Waals surface area contributed by atoms with Gasteiger partial charge in [-0.15, -0.1) is 0 Å². The Morgan fingerprint density at radius 3 is 2.50 bits per heavy atom. The van der Waals surface area contributed by atoms with Gasteiger partial charge >= 0.3 is 6.09 Å². The van der Waals surface area contributed by atoms with Crippen LogP contribution in [0.3, 0.4) is 0 Å². The normalized spacial score (nSPS) is 15.6. The summed E-state index contributed by atoms with van der Waals surface area (Å²) in [4.78, 5) is 22.4. The Labute approximate surface area is 127 Å². The molecule has 110 valence electrons. The van der Waals surface area contributed by atoms with E-state index in [1.54, 1.807) is 18.2 Å². The molecule has 5 nitrogen and oxygen atoms in total. The van der Waals surface area contributed by atoms with Crippen LogP contribution in [0.5, 0.6) is 11.5 Å². The minimum Gasteiger partial charge on any atom is -0.457 e. The second-order valence-electron chi connectivity index (χ2n) is 4.84. The predicted molar refractivity (Wildman–Crippen MR) is 80.3 cm³/mol. The molecule has 0 spiro atoms. The zero-order chi connectivity index (χ0) is 15.5. The first-order chi connectivity index (χ1) is 10.6. The van der Waals surface area contributed by atoms with Crippen LogP contribution in [0.1, 0.15) is 11.1 Å². The standard InChI is InChI=1S/C17H13NO4/c1-11-5-7-13(8-6-11)21-14-4-2-3-12(9-14)10-15-16(19)18-17(20)22-15/h2-10H,1H3,(H,18,19,20)/b15-10+. The maximum atomic E-state index is 11.4. The van der Waals surface area contributed by atoms with Crippen molar-refractivity contribution in [2.45, 2.75) is 6.92 Å². The molecule has 1 aliphatic heterocycles. The maximum Gasteiger partial charge on any atom is 0.419 e. The van der Waals surface area contributed by atoms with E-state index in [2.05, 4.69) is 0 Å². The number of alkyl carbamates (subject to hydrolysis) is 1. The Balaban J connectivity index is 1.81. The van der Waals surface area contributed by atoms with Gasteiger partial charge in [0.25, 0.3) is 5.91 Å². The maximum absolute atomic E-state index is 11.4. The fraction of sp³-hybridized carbons (Fsp3) is 0.0588. The van der Waals surface area contributed by atoms with Crippen molar-refractivity contribution >= 4 is 18.1 Å². The summed E-state index contributed by atoms with van der Waals surface area (Å²) in [7, 11) is 0. The first-order valence-electron chi connectivity index (χ1n) is 6.69. The molecule has 1 fully saturated rings. The molecule has 0 aromatic heterocycles. The summed E-state index contributed by atoms with van der Waals surface area (Å²) in [6.07, 6.45) is 0.728. The van der Waals surface area contributed by atoms with E-state index in [-0.39, 0.29) is 5.76 Å². The van der Waals surface area contributed by atoms with Gasteiger partial charge in [0.05, 0.1) is 0 Å². The molecule has 0 bridgehead atoms. The van der Waals surface area contributed by atoms with Crippen LogP contribution in [0.4, 0.5) is 4.79 Å². The van der Waals surface area contributed by atoms with Crippen molar-refractivity contribution in [2.24, 2.45) is 0 Å². The van der Waals surface area contributed by atoms with E-state index in [1.807, 2.05) is 42.6 Å². The van der Waals surface area contributed by atoms with E-state index < -0.39 is 12.0 Å². The summed E-state index contributed by atoms with van der Waals surface area (Å²) < 4.78 is 10.5. The number of aryl methyl sites for hydroxylation is 1. The van der Waals surface area contributed by atoms with Gasteiger partial charge in [-0.1, -0.05) is 29.8 Å². The number of ether oxygens (including phenoxy) is 2. The van der Waals surface area contributed by atoms with Crippen molar-refractivity contribution in [3.05, 3.63) is 65.4 Å². The molecule has 0 atom stereocenters. The van der Waals surface area contributed by atoms with Crippen LogP contribution in [-0.4, -0.2) is 12.0 Å². The molecule has 0 radical (unpaired) electrons. The number of imide groups is 1. The fourth-order valence-corrected chi connectivity index (χ4v) is 1.98. The van der Waals surface area contributed by atoms with Gasteiger partial charge < -0.3 is 9.47 Å². The number of hydrogen-bond acceptors (Lipinski definition) is 4. The number of amides is 2. The molecule has 1 aliphatic rings. The van der Waals surface area contributed by atoms with Crippen LogP contribution in [0.2, 0.25) is 0 Å². The topological polar surface area (TPSA) is 64.6 Å². The van der Waals surface area contributed by atoms with E-state index in [1.165, 1.54) is 6.08 Å². The summed E-state index contributed by atoms with van der Waals surface area (Å²) >= 11 is 0. The zero-order valence-electron chi connectivity index (χ0n) is 11.8. The Hall–Kier alpha value is -3.08. The van der Waals surface area contributed by atoms with E-state index in [0.29, 0.717) is 11.3 Å². The molecule has 1 heterocycles. The van der Waals surface area contributed by atoms with Crippen LogP contribution in [0.15, 0.2) is 54.3 Å². The molecule has 1 N–H and O–H groups in total. The number of benzene rings is 2. The highest BCUT2D eigenvalue weighted by atomic mass is 16.6. The summed E-state index contributed by atoms with van der Waals surface area (Å²) in [5.74, 6) is 0.774. The molecule has 0 aliphatic carbocycles. The van der Waals surface area contributed by atoms with Crippen molar-refractivity contribution in [3.63, 3.8) is 0 Å². The Morgan fingerprint density at radius 1 is 1.05 bits per heavy atom. The van der Waals surface area contributed by atoms with Gasteiger partial charge in [0.1, 0.15) is 11.5 Å². The molecule has 5 heteroatoms. The average Bonchev–Trinajstić information content (AvgIpc) is 2.80. The third-order valence-corrected chi connectivity index (χ3v) is 3.05. The number of cyclic esters (lactones) is 1. The molecule has 0 unspecified atom stereocenters. The highest BCUT2D eigenvalue weighted by Gasteiger charge is 2.25. The molecule has 2 amide bonds. The highest BCUT2D eigenvalue weighted by molar-refractivity contribution is 6.09. The van der Waals surface area contributed by atoms with Crippen molar-refractivity contribution in [1.29, 1.82) is 0 Å². The summed E-state index contributed by atoms with van der Waals surface area (Å²) in [6.45, 7) is 2.00. The Morgan fingerprint density at radius 2 is 1.82 bits per heavy atom. The third kappa shape index (κ3) is 3.15. The molecule has 1 saturated heterocycles. The van der Waals surface area contributed by atoms with Gasteiger partial charge in [0.15, 0.2) is 5.76 Å². The number of nitrogens with one attached hydrogen (secondary N) is 1. The molecular weight excluding hydrogens is 282 g/mol. The quantitative estimate of drug-likeness (QED) is 0.881. The van der Waals surface area contributed by atoms with E-state index in [4.69, 9.17) is 9.47 Å². The smallest absolute Gasteiger partial charge is 0.419 e. The molecule has 2 aromatic carbocycles. The first-order valence-corrected chi connectivity index (χ1v) is 6.69. The highest BCUT2D eigenvalue weighted by Crippen LogP contribution is 2.24. The monoisotopic (exact) mass is 295 g/mol. The lowest BCUT2D eigenvalue weighted by Crippen LogP contribution is -2.18. The number of rotatable bonds is 3. The van der Waals surface area contributed by atoms with Gasteiger partial charge in [0, 0.05) is 0 Å². The lowest BCUT2D eigenvalue weighted by Gasteiger charge is -2.06. The molecular formula is C17H13NO4. The van der Waals surface area contributed by atoms with Gasteiger partial charge in [-0.05, 0) is 42.8 Å². The average molecular weight is 295 g/mol. The molecule has 0 saturated carbocycles. The number of carbonyl (C=O) groups excluding carboxylic acids is 2. The van der Waals surface area contributed by atoms with E-state index >= 15 is 0 Å². The molecule has 2 aromatic rings. The van der Waals surface area contributed by atoms with Crippen LogP contribution >= 0.6 is 0 Å². The lowest BCUT2D eigenvalue weighted by atomic mass is 10.2. The fourth-order valence-electron chi connectivity index (χ4n) is 1.98. The van der Waals surface area contributed by atoms with Crippen molar-refractivity contribution < 1.29 is 19.1 Å². The second-order valence-corrected chi connectivity index (χ2v) is 4.84. The van der Waals surface area contributed by atoms with Gasteiger partial charge in [-0.2, -0.15) is 0 Å². The summed E-state index contributed by atoms with van der Waals surface area (Å²) in [5.41, 5.74) is 1.85. The molecule has 22 heavy (non-hydrogen) atoms.